The van der Waals surface area contributed by atoms with Crippen molar-refractivity contribution in [3.63, 3.8) is 0 Å². The van der Waals surface area contributed by atoms with Crippen LogP contribution in [0.5, 0.6) is 0 Å². The first-order valence-corrected chi connectivity index (χ1v) is 7.07. The SMILES string of the molecule is CC(C=NNc1nncc(-c2ccccc2)n1)=Cc1ccco1. The second-order valence-corrected chi connectivity index (χ2v) is 4.81. The Morgan fingerprint density at radius 1 is 1.17 bits per heavy atom. The van der Waals surface area contributed by atoms with Gasteiger partial charge in [-0.05, 0) is 30.7 Å². The second-order valence-electron chi connectivity index (χ2n) is 4.81. The lowest BCUT2D eigenvalue weighted by atomic mass is 10.2. The fraction of sp³-hybridized carbons (Fsp3) is 0.0588. The Morgan fingerprint density at radius 2 is 2.04 bits per heavy atom. The van der Waals surface area contributed by atoms with Crippen molar-refractivity contribution in [1.82, 2.24) is 15.2 Å². The van der Waals surface area contributed by atoms with Gasteiger partial charge in [-0.2, -0.15) is 10.2 Å². The van der Waals surface area contributed by atoms with Crippen molar-refractivity contribution in [3.8, 4) is 11.3 Å². The minimum absolute atomic E-state index is 0.341. The normalized spacial score (nSPS) is 11.8. The van der Waals surface area contributed by atoms with Crippen molar-refractivity contribution in [2.24, 2.45) is 5.10 Å². The van der Waals surface area contributed by atoms with Crippen molar-refractivity contribution in [2.75, 3.05) is 5.43 Å². The van der Waals surface area contributed by atoms with Crippen molar-refractivity contribution in [1.29, 1.82) is 0 Å². The second kappa shape index (κ2) is 7.13. The van der Waals surface area contributed by atoms with Crippen molar-refractivity contribution >= 4 is 18.2 Å². The Bertz CT molecular complexity index is 810. The Labute approximate surface area is 133 Å². The first kappa shape index (κ1) is 14.6. The zero-order chi connectivity index (χ0) is 15.9. The average Bonchev–Trinajstić information content (AvgIpc) is 3.09. The van der Waals surface area contributed by atoms with Gasteiger partial charge in [0.1, 0.15) is 5.76 Å². The van der Waals surface area contributed by atoms with Gasteiger partial charge in [-0.1, -0.05) is 30.3 Å². The molecular weight excluding hydrogens is 290 g/mol. The van der Waals surface area contributed by atoms with E-state index in [1.54, 1.807) is 18.7 Å². The molecule has 0 fully saturated rings. The molecule has 6 nitrogen and oxygen atoms in total. The number of nitrogens with one attached hydrogen (secondary N) is 1. The number of anilines is 1. The predicted octanol–water partition coefficient (Wildman–Crippen LogP) is 3.63. The van der Waals surface area contributed by atoms with Gasteiger partial charge in [0.15, 0.2) is 0 Å². The number of hydrazone groups is 1. The first-order chi connectivity index (χ1) is 11.3. The third-order valence-electron chi connectivity index (χ3n) is 2.97. The lowest BCUT2D eigenvalue weighted by Crippen LogP contribution is -1.99. The highest BCUT2D eigenvalue weighted by Gasteiger charge is 2.01. The van der Waals surface area contributed by atoms with Gasteiger partial charge in [0.05, 0.1) is 24.4 Å². The van der Waals surface area contributed by atoms with Gasteiger partial charge in [-0.25, -0.2) is 10.4 Å². The molecule has 0 radical (unpaired) electrons. The Balaban J connectivity index is 1.68. The first-order valence-electron chi connectivity index (χ1n) is 7.07. The maximum atomic E-state index is 5.24. The van der Waals surface area contributed by atoms with E-state index in [9.17, 15) is 0 Å². The van der Waals surface area contributed by atoms with Crippen LogP contribution in [-0.4, -0.2) is 21.4 Å². The van der Waals surface area contributed by atoms with E-state index in [1.807, 2.05) is 55.5 Å². The van der Waals surface area contributed by atoms with Crippen molar-refractivity contribution in [2.45, 2.75) is 6.92 Å². The molecule has 114 valence electrons. The zero-order valence-electron chi connectivity index (χ0n) is 12.5. The van der Waals surface area contributed by atoms with Gasteiger partial charge in [-0.3, -0.25) is 0 Å². The van der Waals surface area contributed by atoms with E-state index in [-0.39, 0.29) is 0 Å². The maximum absolute atomic E-state index is 5.24. The molecule has 0 spiro atoms. The Morgan fingerprint density at radius 3 is 2.83 bits per heavy atom. The summed E-state index contributed by atoms with van der Waals surface area (Å²) in [7, 11) is 0. The van der Waals surface area contributed by atoms with Crippen LogP contribution < -0.4 is 5.43 Å². The van der Waals surface area contributed by atoms with Crippen LogP contribution in [0.4, 0.5) is 5.95 Å². The van der Waals surface area contributed by atoms with Crippen LogP contribution in [0.3, 0.4) is 0 Å². The molecule has 0 saturated heterocycles. The molecular formula is C17H15N5O. The van der Waals surface area contributed by atoms with Gasteiger partial charge in [0.2, 0.25) is 0 Å². The van der Waals surface area contributed by atoms with Gasteiger partial charge in [0.25, 0.3) is 5.95 Å². The van der Waals surface area contributed by atoms with Crippen LogP contribution in [0.2, 0.25) is 0 Å². The monoisotopic (exact) mass is 305 g/mol. The standard InChI is InChI=1S/C17H15N5O/c1-13(10-15-8-5-9-23-15)11-18-21-17-20-16(12-19-22-17)14-6-3-2-4-7-14/h2-12H,1H3,(H,20,21,22). The van der Waals surface area contributed by atoms with Crippen LogP contribution in [0.15, 0.2) is 70.0 Å². The number of hydrogen-bond acceptors (Lipinski definition) is 6. The summed E-state index contributed by atoms with van der Waals surface area (Å²) < 4.78 is 5.24. The molecule has 1 aromatic carbocycles. The number of nitrogens with zero attached hydrogens (tertiary/aromatic N) is 4. The summed E-state index contributed by atoms with van der Waals surface area (Å²) in [6, 6.07) is 13.5. The number of rotatable bonds is 5. The molecule has 0 atom stereocenters. The quantitative estimate of drug-likeness (QED) is 0.575. The molecule has 0 saturated carbocycles. The summed E-state index contributed by atoms with van der Waals surface area (Å²) in [5.74, 6) is 1.12. The van der Waals surface area contributed by atoms with E-state index in [0.29, 0.717) is 5.95 Å². The highest BCUT2D eigenvalue weighted by molar-refractivity contribution is 5.84. The topological polar surface area (TPSA) is 76.2 Å². The van der Waals surface area contributed by atoms with Crippen LogP contribution in [0.1, 0.15) is 12.7 Å². The van der Waals surface area contributed by atoms with Crippen molar-refractivity contribution < 1.29 is 4.42 Å². The molecule has 1 N–H and O–H groups in total. The summed E-state index contributed by atoms with van der Waals surface area (Å²) in [4.78, 5) is 4.38. The fourth-order valence-corrected chi connectivity index (χ4v) is 1.93. The van der Waals surface area contributed by atoms with E-state index in [2.05, 4.69) is 25.7 Å². The number of allylic oxidation sites excluding steroid dienone is 1. The molecule has 23 heavy (non-hydrogen) atoms. The third-order valence-corrected chi connectivity index (χ3v) is 2.97. The summed E-state index contributed by atoms with van der Waals surface area (Å²) in [5.41, 5.74) is 5.42. The van der Waals surface area contributed by atoms with Gasteiger partial charge in [0, 0.05) is 5.56 Å². The highest BCUT2D eigenvalue weighted by atomic mass is 16.3. The van der Waals surface area contributed by atoms with Crippen molar-refractivity contribution in [3.05, 3.63) is 66.3 Å². The fourth-order valence-electron chi connectivity index (χ4n) is 1.93. The lowest BCUT2D eigenvalue weighted by molar-refractivity contribution is 0.557. The van der Waals surface area contributed by atoms with Gasteiger partial charge < -0.3 is 4.42 Å². The minimum atomic E-state index is 0.341. The molecule has 6 heteroatoms. The molecule has 0 amide bonds. The zero-order valence-corrected chi connectivity index (χ0v) is 12.5. The summed E-state index contributed by atoms with van der Waals surface area (Å²) in [6.07, 6.45) is 6.79. The Hall–Kier alpha value is -3.28. The molecule has 2 heterocycles. The molecule has 0 aliphatic carbocycles. The van der Waals surface area contributed by atoms with E-state index >= 15 is 0 Å². The molecule has 3 aromatic rings. The van der Waals surface area contributed by atoms with Gasteiger partial charge in [-0.15, -0.1) is 5.10 Å². The Kier molecular flexibility index (Phi) is 4.54. The number of benzene rings is 1. The van der Waals surface area contributed by atoms with E-state index in [0.717, 1.165) is 22.6 Å². The molecule has 0 unspecified atom stereocenters. The largest absolute Gasteiger partial charge is 0.465 e. The summed E-state index contributed by atoms with van der Waals surface area (Å²) in [5, 5.41) is 12.0. The highest BCUT2D eigenvalue weighted by Crippen LogP contribution is 2.15. The molecule has 3 rings (SSSR count). The molecule has 2 aromatic heterocycles. The lowest BCUT2D eigenvalue weighted by Gasteiger charge is -2.01. The average molecular weight is 305 g/mol. The van der Waals surface area contributed by atoms with Crippen LogP contribution in [0, 0.1) is 0 Å². The summed E-state index contributed by atoms with van der Waals surface area (Å²) >= 11 is 0. The smallest absolute Gasteiger partial charge is 0.263 e. The van der Waals surface area contributed by atoms with E-state index in [1.165, 1.54) is 0 Å². The molecule has 0 aliphatic rings. The maximum Gasteiger partial charge on any atom is 0.263 e. The van der Waals surface area contributed by atoms with Crippen LogP contribution >= 0.6 is 0 Å². The third kappa shape index (κ3) is 4.10. The van der Waals surface area contributed by atoms with E-state index < -0.39 is 0 Å². The molecule has 0 bridgehead atoms. The predicted molar refractivity (Wildman–Crippen MR) is 89.7 cm³/mol. The minimum Gasteiger partial charge on any atom is -0.465 e. The van der Waals surface area contributed by atoms with Crippen LogP contribution in [0.25, 0.3) is 17.3 Å². The van der Waals surface area contributed by atoms with Gasteiger partial charge >= 0.3 is 0 Å². The van der Waals surface area contributed by atoms with E-state index in [4.69, 9.17) is 4.42 Å². The molecule has 0 aliphatic heterocycles. The van der Waals surface area contributed by atoms with Crippen LogP contribution in [-0.2, 0) is 0 Å². The summed E-state index contributed by atoms with van der Waals surface area (Å²) in [6.45, 7) is 1.92. The number of hydrogen-bond donors (Lipinski definition) is 1. The number of aromatic nitrogens is 3. The number of furan rings is 1.